The zero-order valence-electron chi connectivity index (χ0n) is 18.2. The second-order valence-electron chi connectivity index (χ2n) is 9.48. The molecule has 2 heterocycles. The van der Waals surface area contributed by atoms with Gasteiger partial charge < -0.3 is 18.6 Å². The molecule has 0 amide bonds. The van der Waals surface area contributed by atoms with Crippen LogP contribution in [0.15, 0.2) is 34.0 Å². The number of esters is 2. The number of ether oxygens (including phenoxy) is 3. The number of hydrogen-bond donors (Lipinski definition) is 0. The SMILES string of the molecule is C=C1CCC2C3=C(C(OC(C)=O)CC12C)C1(C)c2c(coc2C3=O)C(=O)OC1COC. The number of Topliss-reactive ketones (excluding diaryl/α,β-unsaturated/α-hetero) is 1. The number of fused-ring (bicyclic) bond motifs is 3. The van der Waals surface area contributed by atoms with Crippen molar-refractivity contribution < 1.29 is 33.0 Å². The first kappa shape index (κ1) is 20.2. The maximum Gasteiger partial charge on any atom is 0.342 e. The van der Waals surface area contributed by atoms with Gasteiger partial charge in [-0.05, 0) is 43.1 Å². The first-order valence-corrected chi connectivity index (χ1v) is 10.6. The summed E-state index contributed by atoms with van der Waals surface area (Å²) in [5, 5.41) is 0. The summed E-state index contributed by atoms with van der Waals surface area (Å²) in [6.45, 7) is 9.81. The molecule has 1 saturated carbocycles. The molecule has 5 unspecified atom stereocenters. The molecule has 1 aliphatic heterocycles. The summed E-state index contributed by atoms with van der Waals surface area (Å²) in [6.07, 6.45) is 2.12. The fourth-order valence-corrected chi connectivity index (χ4v) is 6.41. The van der Waals surface area contributed by atoms with Crippen LogP contribution in [0.1, 0.15) is 66.5 Å². The van der Waals surface area contributed by atoms with E-state index in [1.54, 1.807) is 0 Å². The van der Waals surface area contributed by atoms with Crippen LogP contribution in [0.4, 0.5) is 0 Å². The third-order valence-corrected chi connectivity index (χ3v) is 7.94. The lowest BCUT2D eigenvalue weighted by atomic mass is 9.54. The van der Waals surface area contributed by atoms with Crippen LogP contribution in [-0.2, 0) is 24.4 Å². The molecule has 0 spiro atoms. The standard InChI is InChI=1S/C24H26O7/c1-11-6-7-14-17-19(15(30-12(2)25)8-23(11,14)3)24(4)16(10-28-5)31-22(27)13-9-29-21(18(13)24)20(17)26/h9,14-16H,1,6-8,10H2,2-5H3. The number of carbonyl (C=O) groups excluding carboxylic acids is 3. The topological polar surface area (TPSA) is 92.0 Å². The molecule has 0 saturated heterocycles. The highest BCUT2D eigenvalue weighted by atomic mass is 16.6. The Hall–Kier alpha value is -2.67. The molecule has 31 heavy (non-hydrogen) atoms. The van der Waals surface area contributed by atoms with E-state index in [1.165, 1.54) is 20.3 Å². The number of cyclic esters (lactones) is 1. The van der Waals surface area contributed by atoms with Gasteiger partial charge in [-0.3, -0.25) is 9.59 Å². The van der Waals surface area contributed by atoms with E-state index in [1.807, 2.05) is 6.92 Å². The van der Waals surface area contributed by atoms with Crippen molar-refractivity contribution in [2.24, 2.45) is 11.3 Å². The summed E-state index contributed by atoms with van der Waals surface area (Å²) < 4.78 is 22.7. The molecule has 0 radical (unpaired) electrons. The Labute approximate surface area is 180 Å². The van der Waals surface area contributed by atoms with E-state index in [2.05, 4.69) is 13.5 Å². The van der Waals surface area contributed by atoms with Crippen LogP contribution in [0.3, 0.4) is 0 Å². The number of hydrogen-bond acceptors (Lipinski definition) is 7. The van der Waals surface area contributed by atoms with Crippen molar-refractivity contribution in [3.05, 3.63) is 46.4 Å². The number of allylic oxidation sites excluding steroid dienone is 2. The second-order valence-corrected chi connectivity index (χ2v) is 9.48. The fourth-order valence-electron chi connectivity index (χ4n) is 6.41. The third-order valence-electron chi connectivity index (χ3n) is 7.94. The Balaban J connectivity index is 1.82. The van der Waals surface area contributed by atoms with Crippen molar-refractivity contribution in [3.63, 3.8) is 0 Å². The molecule has 7 heteroatoms. The summed E-state index contributed by atoms with van der Waals surface area (Å²) >= 11 is 0. The molecule has 3 aliphatic carbocycles. The normalized spacial score (nSPS) is 36.0. The number of methoxy groups -OCH3 is 1. The van der Waals surface area contributed by atoms with Crippen LogP contribution in [0.25, 0.3) is 0 Å². The fraction of sp³-hybridized carbons (Fsp3) is 0.542. The number of furan rings is 1. The van der Waals surface area contributed by atoms with Gasteiger partial charge in [-0.15, -0.1) is 0 Å². The van der Waals surface area contributed by atoms with E-state index in [0.29, 0.717) is 17.6 Å². The maximum absolute atomic E-state index is 13.8. The van der Waals surface area contributed by atoms with Gasteiger partial charge in [0.25, 0.3) is 0 Å². The van der Waals surface area contributed by atoms with E-state index in [9.17, 15) is 14.4 Å². The largest absolute Gasteiger partial charge is 0.460 e. The molecule has 1 aromatic heterocycles. The van der Waals surface area contributed by atoms with Gasteiger partial charge in [-0.1, -0.05) is 19.1 Å². The Kier molecular flexibility index (Phi) is 4.19. The smallest absolute Gasteiger partial charge is 0.342 e. The first-order chi connectivity index (χ1) is 14.6. The Morgan fingerprint density at radius 2 is 2.06 bits per heavy atom. The van der Waals surface area contributed by atoms with E-state index in [4.69, 9.17) is 18.6 Å². The third kappa shape index (κ3) is 2.41. The second kappa shape index (κ2) is 6.42. The van der Waals surface area contributed by atoms with E-state index in [0.717, 1.165) is 24.0 Å². The molecule has 1 fully saturated rings. The van der Waals surface area contributed by atoms with E-state index in [-0.39, 0.29) is 35.0 Å². The lowest BCUT2D eigenvalue weighted by molar-refractivity contribution is -0.147. The number of ketones is 1. The predicted octanol–water partition coefficient (Wildman–Crippen LogP) is 3.52. The minimum atomic E-state index is -0.907. The first-order valence-electron chi connectivity index (χ1n) is 10.6. The minimum Gasteiger partial charge on any atom is -0.460 e. The van der Waals surface area contributed by atoms with Crippen molar-refractivity contribution in [1.82, 2.24) is 0 Å². The van der Waals surface area contributed by atoms with Gasteiger partial charge in [0.2, 0.25) is 5.78 Å². The molecule has 5 atom stereocenters. The Morgan fingerprint density at radius 3 is 2.74 bits per heavy atom. The molecule has 0 bridgehead atoms. The number of rotatable bonds is 3. The summed E-state index contributed by atoms with van der Waals surface area (Å²) in [5.74, 6) is -1.08. The average molecular weight is 426 g/mol. The molecule has 1 aromatic rings. The molecule has 7 nitrogen and oxygen atoms in total. The highest BCUT2D eigenvalue weighted by molar-refractivity contribution is 6.13. The van der Waals surface area contributed by atoms with Gasteiger partial charge in [0.05, 0.1) is 12.0 Å². The van der Waals surface area contributed by atoms with Crippen molar-refractivity contribution in [2.45, 2.75) is 57.7 Å². The molecule has 0 N–H and O–H groups in total. The van der Waals surface area contributed by atoms with Gasteiger partial charge in [-0.2, -0.15) is 0 Å². The highest BCUT2D eigenvalue weighted by Crippen LogP contribution is 2.63. The van der Waals surface area contributed by atoms with Gasteiger partial charge in [-0.25, -0.2) is 4.79 Å². The van der Waals surface area contributed by atoms with Gasteiger partial charge in [0.1, 0.15) is 24.0 Å². The van der Waals surface area contributed by atoms with Crippen molar-refractivity contribution >= 4 is 17.7 Å². The molecule has 4 aliphatic rings. The van der Waals surface area contributed by atoms with Crippen molar-refractivity contribution in [1.29, 1.82) is 0 Å². The van der Waals surface area contributed by atoms with Gasteiger partial charge in [0.15, 0.2) is 5.76 Å². The van der Waals surface area contributed by atoms with Gasteiger partial charge >= 0.3 is 11.9 Å². The maximum atomic E-state index is 13.8. The van der Waals surface area contributed by atoms with Crippen LogP contribution >= 0.6 is 0 Å². The van der Waals surface area contributed by atoms with Crippen LogP contribution < -0.4 is 0 Å². The lowest BCUT2D eigenvalue weighted by Crippen LogP contribution is -2.57. The molecule has 0 aromatic carbocycles. The zero-order valence-corrected chi connectivity index (χ0v) is 18.2. The minimum absolute atomic E-state index is 0.0614. The van der Waals surface area contributed by atoms with Crippen LogP contribution in [0.2, 0.25) is 0 Å². The lowest BCUT2D eigenvalue weighted by Gasteiger charge is -2.52. The summed E-state index contributed by atoms with van der Waals surface area (Å²) in [6, 6.07) is 0. The molecular weight excluding hydrogens is 400 g/mol. The van der Waals surface area contributed by atoms with Crippen molar-refractivity contribution in [2.75, 3.05) is 13.7 Å². The van der Waals surface area contributed by atoms with Crippen molar-refractivity contribution in [3.8, 4) is 0 Å². The molecule has 164 valence electrons. The van der Waals surface area contributed by atoms with Crippen LogP contribution in [0, 0.1) is 11.3 Å². The molecular formula is C24H26O7. The predicted molar refractivity (Wildman–Crippen MR) is 109 cm³/mol. The van der Waals surface area contributed by atoms with E-state index >= 15 is 0 Å². The zero-order chi connectivity index (χ0) is 22.3. The monoisotopic (exact) mass is 426 g/mol. The Morgan fingerprint density at radius 1 is 1.32 bits per heavy atom. The van der Waals surface area contributed by atoms with Gasteiger partial charge in [0, 0.05) is 25.2 Å². The van der Waals surface area contributed by atoms with Crippen LogP contribution in [0.5, 0.6) is 0 Å². The summed E-state index contributed by atoms with van der Waals surface area (Å²) in [4.78, 5) is 38.5. The summed E-state index contributed by atoms with van der Waals surface area (Å²) in [7, 11) is 1.54. The highest BCUT2D eigenvalue weighted by Gasteiger charge is 2.63. The van der Waals surface area contributed by atoms with E-state index < -0.39 is 29.6 Å². The summed E-state index contributed by atoms with van der Waals surface area (Å²) in [5.41, 5.74) is 1.90. The quantitative estimate of drug-likeness (QED) is 0.539. The number of carbonyl (C=O) groups is 3. The average Bonchev–Trinajstić information content (AvgIpc) is 3.27. The Bertz CT molecular complexity index is 1080. The molecule has 5 rings (SSSR count). The van der Waals surface area contributed by atoms with Crippen LogP contribution in [-0.4, -0.2) is 43.6 Å².